The van der Waals surface area contributed by atoms with Gasteiger partial charge in [0.25, 0.3) is 0 Å². The lowest BCUT2D eigenvalue weighted by Crippen LogP contribution is -2.36. The Morgan fingerprint density at radius 3 is 2.60 bits per heavy atom. The van der Waals surface area contributed by atoms with Gasteiger partial charge in [-0.1, -0.05) is 13.3 Å². The fraction of sp³-hybridized carbons (Fsp3) is 0.692. The Bertz CT molecular complexity index is 588. The van der Waals surface area contributed by atoms with Gasteiger partial charge in [0.1, 0.15) is 18.0 Å². The van der Waals surface area contributed by atoms with Gasteiger partial charge in [0.2, 0.25) is 0 Å². The van der Waals surface area contributed by atoms with Gasteiger partial charge in [0, 0.05) is 12.6 Å². The molecule has 1 unspecified atom stereocenters. The summed E-state index contributed by atoms with van der Waals surface area (Å²) in [7, 11) is -1.11. The molecule has 1 saturated heterocycles. The Kier molecular flexibility index (Phi) is 4.17. The Labute approximate surface area is 120 Å². The largest absolute Gasteiger partial charge is 0.373 e. The molecular weight excluding hydrogens is 276 g/mol. The number of hydrogen-bond donors (Lipinski definition) is 2. The highest BCUT2D eigenvalue weighted by molar-refractivity contribution is 7.91. The first kappa shape index (κ1) is 15.0. The summed E-state index contributed by atoms with van der Waals surface area (Å²) in [6.07, 6.45) is 3.94. The first-order chi connectivity index (χ1) is 9.39. The molecule has 0 saturated carbocycles. The highest BCUT2D eigenvalue weighted by Crippen LogP contribution is 2.30. The Balaban J connectivity index is 2.29. The van der Waals surface area contributed by atoms with Crippen LogP contribution in [0.25, 0.3) is 0 Å². The van der Waals surface area contributed by atoms with Crippen LogP contribution in [0.3, 0.4) is 0 Å². The molecule has 2 N–H and O–H groups in total. The third-order valence-electron chi connectivity index (χ3n) is 3.61. The van der Waals surface area contributed by atoms with Crippen LogP contribution < -0.4 is 10.6 Å². The smallest absolute Gasteiger partial charge is 0.152 e. The number of nitrogens with one attached hydrogen (secondary N) is 2. The van der Waals surface area contributed by atoms with E-state index < -0.39 is 15.4 Å². The third-order valence-corrected chi connectivity index (χ3v) is 5.51. The first-order valence-electron chi connectivity index (χ1n) is 6.89. The molecule has 0 bridgehead atoms. The SMILES string of the molecule is CCCc1c(NC)ncnc1NC1(C)CCS(=O)(=O)C1. The number of anilines is 2. The van der Waals surface area contributed by atoms with E-state index >= 15 is 0 Å². The van der Waals surface area contributed by atoms with E-state index in [1.165, 1.54) is 6.33 Å². The Morgan fingerprint density at radius 2 is 2.05 bits per heavy atom. The van der Waals surface area contributed by atoms with Crippen molar-refractivity contribution in [3.63, 3.8) is 0 Å². The van der Waals surface area contributed by atoms with Gasteiger partial charge >= 0.3 is 0 Å². The number of hydrogen-bond acceptors (Lipinski definition) is 6. The minimum atomic E-state index is -2.94. The quantitative estimate of drug-likeness (QED) is 0.856. The average Bonchev–Trinajstić information content (AvgIpc) is 2.66. The predicted octanol–water partition coefficient (Wildman–Crippen LogP) is 1.46. The van der Waals surface area contributed by atoms with Crippen molar-refractivity contribution in [3.8, 4) is 0 Å². The topological polar surface area (TPSA) is 84.0 Å². The number of nitrogens with zero attached hydrogens (tertiary/aromatic N) is 2. The van der Waals surface area contributed by atoms with Crippen LogP contribution >= 0.6 is 0 Å². The molecule has 1 atom stereocenters. The normalized spacial score (nSPS) is 24.6. The van der Waals surface area contributed by atoms with Gasteiger partial charge in [0.15, 0.2) is 9.84 Å². The lowest BCUT2D eigenvalue weighted by Gasteiger charge is -2.26. The van der Waals surface area contributed by atoms with E-state index in [1.54, 1.807) is 0 Å². The molecule has 1 aromatic heterocycles. The summed E-state index contributed by atoms with van der Waals surface area (Å²) < 4.78 is 23.4. The summed E-state index contributed by atoms with van der Waals surface area (Å²) in [5.41, 5.74) is 0.573. The van der Waals surface area contributed by atoms with Crippen LogP contribution in [0.1, 0.15) is 32.3 Å². The minimum absolute atomic E-state index is 0.157. The highest BCUT2D eigenvalue weighted by atomic mass is 32.2. The van der Waals surface area contributed by atoms with Gasteiger partial charge in [0.05, 0.1) is 17.0 Å². The molecule has 1 aromatic rings. The van der Waals surface area contributed by atoms with Crippen molar-refractivity contribution in [3.05, 3.63) is 11.9 Å². The average molecular weight is 298 g/mol. The lowest BCUT2D eigenvalue weighted by atomic mass is 10.0. The summed E-state index contributed by atoms with van der Waals surface area (Å²) in [6, 6.07) is 0. The van der Waals surface area contributed by atoms with E-state index in [0.717, 1.165) is 30.0 Å². The lowest BCUT2D eigenvalue weighted by molar-refractivity contribution is 0.570. The van der Waals surface area contributed by atoms with Crippen molar-refractivity contribution >= 4 is 21.5 Å². The molecule has 2 heterocycles. The zero-order valence-electron chi connectivity index (χ0n) is 12.2. The van der Waals surface area contributed by atoms with Gasteiger partial charge < -0.3 is 10.6 Å². The molecule has 0 radical (unpaired) electrons. The second-order valence-corrected chi connectivity index (χ2v) is 7.76. The van der Waals surface area contributed by atoms with Gasteiger partial charge in [-0.15, -0.1) is 0 Å². The summed E-state index contributed by atoms with van der Waals surface area (Å²) >= 11 is 0. The summed E-state index contributed by atoms with van der Waals surface area (Å²) in [4.78, 5) is 8.53. The Hall–Kier alpha value is -1.37. The van der Waals surface area contributed by atoms with Crippen molar-refractivity contribution in [2.24, 2.45) is 0 Å². The van der Waals surface area contributed by atoms with Crippen molar-refractivity contribution in [2.75, 3.05) is 29.2 Å². The zero-order chi connectivity index (χ0) is 14.8. The molecule has 0 aliphatic carbocycles. The standard InChI is InChI=1S/C13H22N4O2S/c1-4-5-10-11(14-3)15-9-16-12(10)17-13(2)6-7-20(18,19)8-13/h9H,4-8H2,1-3H3,(H2,14,15,16,17). The molecule has 2 rings (SSSR count). The molecule has 6 nitrogen and oxygen atoms in total. The van der Waals surface area contributed by atoms with Crippen LogP contribution in [0, 0.1) is 0 Å². The predicted molar refractivity (Wildman–Crippen MR) is 80.9 cm³/mol. The maximum Gasteiger partial charge on any atom is 0.152 e. The van der Waals surface area contributed by atoms with Gasteiger partial charge in [-0.05, 0) is 19.8 Å². The van der Waals surface area contributed by atoms with Crippen LogP contribution in [0.2, 0.25) is 0 Å². The van der Waals surface area contributed by atoms with E-state index in [-0.39, 0.29) is 11.5 Å². The molecule has 0 aromatic carbocycles. The third kappa shape index (κ3) is 3.20. The molecule has 112 valence electrons. The summed E-state index contributed by atoms with van der Waals surface area (Å²) in [5, 5.41) is 6.40. The molecule has 20 heavy (non-hydrogen) atoms. The van der Waals surface area contributed by atoms with E-state index in [1.807, 2.05) is 14.0 Å². The molecule has 7 heteroatoms. The molecular formula is C13H22N4O2S. The van der Waals surface area contributed by atoms with Crippen LogP contribution in [0.15, 0.2) is 6.33 Å². The Morgan fingerprint density at radius 1 is 1.35 bits per heavy atom. The number of sulfone groups is 1. The number of rotatable bonds is 5. The second kappa shape index (κ2) is 5.55. The maximum atomic E-state index is 11.7. The van der Waals surface area contributed by atoms with Crippen molar-refractivity contribution in [2.45, 2.75) is 38.6 Å². The number of aromatic nitrogens is 2. The second-order valence-electron chi connectivity index (χ2n) is 5.58. The van der Waals surface area contributed by atoms with Crippen LogP contribution in [0.4, 0.5) is 11.6 Å². The summed E-state index contributed by atoms with van der Waals surface area (Å²) in [5.74, 6) is 1.94. The molecule has 1 aliphatic heterocycles. The zero-order valence-corrected chi connectivity index (χ0v) is 13.0. The van der Waals surface area contributed by atoms with Crippen molar-refractivity contribution in [1.82, 2.24) is 9.97 Å². The van der Waals surface area contributed by atoms with Gasteiger partial charge in [-0.3, -0.25) is 0 Å². The van der Waals surface area contributed by atoms with E-state index in [2.05, 4.69) is 27.5 Å². The van der Waals surface area contributed by atoms with E-state index in [9.17, 15) is 8.42 Å². The fourth-order valence-corrected chi connectivity index (χ4v) is 4.71. The molecule has 1 fully saturated rings. The van der Waals surface area contributed by atoms with Crippen LogP contribution in [0.5, 0.6) is 0 Å². The minimum Gasteiger partial charge on any atom is -0.373 e. The molecule has 1 aliphatic rings. The van der Waals surface area contributed by atoms with Crippen LogP contribution in [-0.4, -0.2) is 42.5 Å². The van der Waals surface area contributed by atoms with E-state index in [4.69, 9.17) is 0 Å². The maximum absolute atomic E-state index is 11.7. The summed E-state index contributed by atoms with van der Waals surface area (Å²) in [6.45, 7) is 4.03. The van der Waals surface area contributed by atoms with Gasteiger partial charge in [-0.25, -0.2) is 18.4 Å². The van der Waals surface area contributed by atoms with Crippen molar-refractivity contribution in [1.29, 1.82) is 0 Å². The van der Waals surface area contributed by atoms with Crippen molar-refractivity contribution < 1.29 is 8.42 Å². The molecule has 0 spiro atoms. The van der Waals surface area contributed by atoms with Gasteiger partial charge in [-0.2, -0.15) is 0 Å². The van der Waals surface area contributed by atoms with Crippen LogP contribution in [-0.2, 0) is 16.3 Å². The highest BCUT2D eigenvalue weighted by Gasteiger charge is 2.39. The van der Waals surface area contributed by atoms with E-state index in [0.29, 0.717) is 6.42 Å². The molecule has 0 amide bonds. The fourth-order valence-electron chi connectivity index (χ4n) is 2.62. The monoisotopic (exact) mass is 298 g/mol. The first-order valence-corrected chi connectivity index (χ1v) is 8.71.